The normalized spacial score (nSPS) is 16.3. The highest BCUT2D eigenvalue weighted by atomic mass is 19.1. The van der Waals surface area contributed by atoms with E-state index in [0.717, 1.165) is 38.9 Å². The predicted molar refractivity (Wildman–Crippen MR) is 81.5 cm³/mol. The molecule has 1 amide bonds. The highest BCUT2D eigenvalue weighted by molar-refractivity contribution is 5.92. The molecule has 0 saturated carbocycles. The van der Waals surface area contributed by atoms with Crippen molar-refractivity contribution >= 4 is 5.91 Å². The summed E-state index contributed by atoms with van der Waals surface area (Å²) in [5, 5.41) is 3.35. The number of piperidine rings is 1. The number of rotatable bonds is 6. The first-order valence-corrected chi connectivity index (χ1v) is 7.64. The molecule has 1 aliphatic heterocycles. The zero-order valence-electron chi connectivity index (χ0n) is 12.6. The maximum Gasteiger partial charge on any atom is 0.248 e. The maximum atomic E-state index is 14.1. The average Bonchev–Trinajstić information content (AvgIpc) is 2.49. The molecule has 0 aliphatic carbocycles. The number of carbonyl (C=O) groups excluding carboxylic acids is 1. The van der Waals surface area contributed by atoms with E-state index >= 15 is 0 Å². The van der Waals surface area contributed by atoms with Crippen LogP contribution in [0.15, 0.2) is 18.2 Å². The molecule has 1 aromatic carbocycles. The molecular formula is C16H24FN3O. The topological polar surface area (TPSA) is 58.4 Å². The van der Waals surface area contributed by atoms with Crippen molar-refractivity contribution in [3.63, 3.8) is 0 Å². The summed E-state index contributed by atoms with van der Waals surface area (Å²) < 4.78 is 14.1. The van der Waals surface area contributed by atoms with Gasteiger partial charge in [0, 0.05) is 23.7 Å². The van der Waals surface area contributed by atoms with Gasteiger partial charge in [0.1, 0.15) is 5.82 Å². The number of hydrogen-bond donors (Lipinski definition) is 2. The van der Waals surface area contributed by atoms with Crippen molar-refractivity contribution in [3.8, 4) is 0 Å². The van der Waals surface area contributed by atoms with Crippen LogP contribution in [0.3, 0.4) is 0 Å². The van der Waals surface area contributed by atoms with Crippen LogP contribution in [0.4, 0.5) is 4.39 Å². The van der Waals surface area contributed by atoms with Crippen molar-refractivity contribution in [2.75, 3.05) is 19.6 Å². The number of carbonyl (C=O) groups is 1. The lowest BCUT2D eigenvalue weighted by Crippen LogP contribution is -2.43. The number of nitrogens with two attached hydrogens (primary N) is 1. The van der Waals surface area contributed by atoms with Crippen molar-refractivity contribution in [1.82, 2.24) is 10.2 Å². The molecule has 4 nitrogen and oxygen atoms in total. The summed E-state index contributed by atoms with van der Waals surface area (Å²) in [5.41, 5.74) is 6.03. The average molecular weight is 293 g/mol. The fraction of sp³-hybridized carbons (Fsp3) is 0.562. The molecule has 2 rings (SSSR count). The summed E-state index contributed by atoms with van der Waals surface area (Å²) in [4.78, 5) is 13.4. The molecule has 0 aromatic heterocycles. The van der Waals surface area contributed by atoms with E-state index in [1.807, 2.05) is 0 Å². The van der Waals surface area contributed by atoms with Crippen LogP contribution in [0, 0.1) is 5.82 Å². The number of benzene rings is 1. The van der Waals surface area contributed by atoms with Crippen LogP contribution in [0.5, 0.6) is 0 Å². The summed E-state index contributed by atoms with van der Waals surface area (Å²) >= 11 is 0. The van der Waals surface area contributed by atoms with Gasteiger partial charge in [-0.05, 0) is 51.0 Å². The first kappa shape index (κ1) is 15.9. The molecule has 0 spiro atoms. The molecule has 0 atom stereocenters. The number of amides is 1. The van der Waals surface area contributed by atoms with Crippen molar-refractivity contribution in [3.05, 3.63) is 35.1 Å². The van der Waals surface area contributed by atoms with E-state index in [2.05, 4.69) is 17.1 Å². The van der Waals surface area contributed by atoms with Gasteiger partial charge in [-0.15, -0.1) is 0 Å². The molecule has 1 saturated heterocycles. The van der Waals surface area contributed by atoms with Gasteiger partial charge in [0.25, 0.3) is 0 Å². The van der Waals surface area contributed by atoms with Crippen LogP contribution in [-0.2, 0) is 6.54 Å². The van der Waals surface area contributed by atoms with Crippen LogP contribution in [-0.4, -0.2) is 36.5 Å². The van der Waals surface area contributed by atoms with Gasteiger partial charge < -0.3 is 11.1 Å². The van der Waals surface area contributed by atoms with Crippen molar-refractivity contribution < 1.29 is 9.18 Å². The Morgan fingerprint density at radius 3 is 2.71 bits per heavy atom. The molecule has 1 heterocycles. The molecule has 0 radical (unpaired) electrons. The Bertz CT molecular complexity index is 486. The lowest BCUT2D eigenvalue weighted by molar-refractivity contribution is 0.0999. The van der Waals surface area contributed by atoms with Gasteiger partial charge in [-0.1, -0.05) is 13.0 Å². The van der Waals surface area contributed by atoms with E-state index in [4.69, 9.17) is 5.73 Å². The van der Waals surface area contributed by atoms with Crippen molar-refractivity contribution in [1.29, 1.82) is 0 Å². The summed E-state index contributed by atoms with van der Waals surface area (Å²) in [6, 6.07) is 5.03. The minimum atomic E-state index is -0.593. The van der Waals surface area contributed by atoms with Crippen LogP contribution in [0.2, 0.25) is 0 Å². The summed E-state index contributed by atoms with van der Waals surface area (Å²) in [7, 11) is 0. The Hall–Kier alpha value is -1.46. The second kappa shape index (κ2) is 7.52. The molecule has 21 heavy (non-hydrogen) atoms. The van der Waals surface area contributed by atoms with E-state index in [1.165, 1.54) is 6.07 Å². The third-order valence-corrected chi connectivity index (χ3v) is 4.05. The van der Waals surface area contributed by atoms with Gasteiger partial charge in [0.05, 0.1) is 0 Å². The fourth-order valence-electron chi connectivity index (χ4n) is 2.90. The molecule has 1 aromatic rings. The lowest BCUT2D eigenvalue weighted by atomic mass is 10.0. The summed E-state index contributed by atoms with van der Waals surface area (Å²) in [5.74, 6) is -0.939. The SMILES string of the molecule is CCCN(Cc1ccc(C(N)=O)cc1F)C1CCNCC1. The van der Waals surface area contributed by atoms with Gasteiger partial charge in [0.2, 0.25) is 5.91 Å². The highest BCUT2D eigenvalue weighted by Gasteiger charge is 2.21. The number of primary amides is 1. The fourth-order valence-corrected chi connectivity index (χ4v) is 2.90. The molecule has 1 fully saturated rings. The van der Waals surface area contributed by atoms with Gasteiger partial charge in [-0.25, -0.2) is 4.39 Å². The molecule has 5 heteroatoms. The molecule has 0 unspecified atom stereocenters. The number of nitrogens with one attached hydrogen (secondary N) is 1. The quantitative estimate of drug-likeness (QED) is 0.842. The Morgan fingerprint density at radius 2 is 2.14 bits per heavy atom. The first-order valence-electron chi connectivity index (χ1n) is 7.64. The van der Waals surface area contributed by atoms with Crippen molar-refractivity contribution in [2.24, 2.45) is 5.73 Å². The zero-order chi connectivity index (χ0) is 15.2. The van der Waals surface area contributed by atoms with E-state index in [-0.39, 0.29) is 11.4 Å². The molecule has 0 bridgehead atoms. The number of nitrogens with zero attached hydrogens (tertiary/aromatic N) is 1. The zero-order valence-corrected chi connectivity index (χ0v) is 12.6. The second-order valence-electron chi connectivity index (χ2n) is 5.62. The van der Waals surface area contributed by atoms with Gasteiger partial charge in [-0.2, -0.15) is 0 Å². The van der Waals surface area contributed by atoms with E-state index < -0.39 is 5.91 Å². The monoisotopic (exact) mass is 293 g/mol. The summed E-state index contributed by atoms with van der Waals surface area (Å²) in [6.07, 6.45) is 3.24. The molecule has 3 N–H and O–H groups in total. The van der Waals surface area contributed by atoms with Crippen LogP contribution in [0.1, 0.15) is 42.1 Å². The van der Waals surface area contributed by atoms with E-state index in [1.54, 1.807) is 12.1 Å². The summed E-state index contributed by atoms with van der Waals surface area (Å²) in [6.45, 7) is 5.73. The smallest absolute Gasteiger partial charge is 0.248 e. The molecule has 1 aliphatic rings. The van der Waals surface area contributed by atoms with E-state index in [0.29, 0.717) is 18.2 Å². The van der Waals surface area contributed by atoms with Crippen LogP contribution >= 0.6 is 0 Å². The van der Waals surface area contributed by atoms with Crippen LogP contribution in [0.25, 0.3) is 0 Å². The number of halogens is 1. The Kier molecular flexibility index (Phi) is 5.70. The van der Waals surface area contributed by atoms with Gasteiger partial charge in [0.15, 0.2) is 0 Å². The molecule has 116 valence electrons. The minimum absolute atomic E-state index is 0.222. The third-order valence-electron chi connectivity index (χ3n) is 4.05. The standard InChI is InChI=1S/C16H24FN3O/c1-2-9-20(14-5-7-19-8-6-14)11-13-4-3-12(16(18)21)10-15(13)17/h3-4,10,14,19H,2,5-9,11H2,1H3,(H2,18,21). The highest BCUT2D eigenvalue weighted by Crippen LogP contribution is 2.18. The Labute approximate surface area is 125 Å². The van der Waals surface area contributed by atoms with Gasteiger partial charge >= 0.3 is 0 Å². The second-order valence-corrected chi connectivity index (χ2v) is 5.62. The van der Waals surface area contributed by atoms with Gasteiger partial charge in [-0.3, -0.25) is 9.69 Å². The Morgan fingerprint density at radius 1 is 1.43 bits per heavy atom. The Balaban J connectivity index is 2.10. The van der Waals surface area contributed by atoms with Crippen molar-refractivity contribution in [2.45, 2.75) is 38.8 Å². The largest absolute Gasteiger partial charge is 0.366 e. The predicted octanol–water partition coefficient (Wildman–Crippen LogP) is 1.89. The lowest BCUT2D eigenvalue weighted by Gasteiger charge is -2.34. The van der Waals surface area contributed by atoms with E-state index in [9.17, 15) is 9.18 Å². The number of hydrogen-bond acceptors (Lipinski definition) is 3. The molecular weight excluding hydrogens is 269 g/mol. The first-order chi connectivity index (χ1) is 10.1. The minimum Gasteiger partial charge on any atom is -0.366 e. The maximum absolute atomic E-state index is 14.1. The van der Waals surface area contributed by atoms with Crippen LogP contribution < -0.4 is 11.1 Å². The third kappa shape index (κ3) is 4.25.